The molecule has 3 nitrogen and oxygen atoms in total. The summed E-state index contributed by atoms with van der Waals surface area (Å²) in [6.07, 6.45) is 2.95. The summed E-state index contributed by atoms with van der Waals surface area (Å²) in [6, 6.07) is 12.8. The summed E-state index contributed by atoms with van der Waals surface area (Å²) >= 11 is 0. The van der Waals surface area contributed by atoms with Crippen molar-refractivity contribution >= 4 is 22.5 Å². The lowest BCUT2D eigenvalue weighted by Crippen LogP contribution is -2.36. The lowest BCUT2D eigenvalue weighted by Gasteiger charge is -2.22. The lowest BCUT2D eigenvalue weighted by molar-refractivity contribution is -0.118. The van der Waals surface area contributed by atoms with E-state index in [2.05, 4.69) is 18.0 Å². The maximum absolute atomic E-state index is 13.5. The van der Waals surface area contributed by atoms with Gasteiger partial charge in [-0.25, -0.2) is 4.39 Å². The zero-order valence-electron chi connectivity index (χ0n) is 12.8. The van der Waals surface area contributed by atoms with E-state index < -0.39 is 0 Å². The highest BCUT2D eigenvalue weighted by molar-refractivity contribution is 5.99. The van der Waals surface area contributed by atoms with Gasteiger partial charge in [-0.3, -0.25) is 4.79 Å². The largest absolute Gasteiger partial charge is 0.361 e. The second kappa shape index (κ2) is 5.23. The molecule has 2 heterocycles. The van der Waals surface area contributed by atoms with Gasteiger partial charge in [-0.05, 0) is 48.7 Å². The van der Waals surface area contributed by atoms with Crippen LogP contribution in [0.1, 0.15) is 18.1 Å². The monoisotopic (exact) mass is 308 g/mol. The molecule has 1 amide bonds. The van der Waals surface area contributed by atoms with Crippen LogP contribution in [0, 0.1) is 5.82 Å². The van der Waals surface area contributed by atoms with E-state index in [0.717, 1.165) is 28.6 Å². The first-order valence-corrected chi connectivity index (χ1v) is 7.79. The van der Waals surface area contributed by atoms with E-state index in [4.69, 9.17) is 0 Å². The van der Waals surface area contributed by atoms with Crippen LogP contribution in [0.3, 0.4) is 0 Å². The molecule has 1 N–H and O–H groups in total. The number of anilines is 1. The number of aromatic amines is 1. The van der Waals surface area contributed by atoms with Crippen LogP contribution in [0.2, 0.25) is 0 Å². The van der Waals surface area contributed by atoms with E-state index in [1.165, 1.54) is 17.7 Å². The molecule has 0 fully saturated rings. The Kier molecular flexibility index (Phi) is 3.18. The molecule has 1 aliphatic heterocycles. The average Bonchev–Trinajstić information content (AvgIpc) is 3.07. The highest BCUT2D eigenvalue weighted by atomic mass is 19.1. The Morgan fingerprint density at radius 3 is 3.00 bits per heavy atom. The molecule has 2 aromatic carbocycles. The first-order valence-electron chi connectivity index (χ1n) is 7.79. The van der Waals surface area contributed by atoms with Crippen molar-refractivity contribution in [1.29, 1.82) is 0 Å². The average molecular weight is 308 g/mol. The predicted octanol–water partition coefficient (Wildman–Crippen LogP) is 3.83. The van der Waals surface area contributed by atoms with Gasteiger partial charge < -0.3 is 9.88 Å². The molecule has 0 bridgehead atoms. The molecule has 1 aliphatic rings. The summed E-state index contributed by atoms with van der Waals surface area (Å²) in [7, 11) is 0. The number of carbonyl (C=O) groups excluding carboxylic acids is 1. The molecule has 1 unspecified atom stereocenters. The summed E-state index contributed by atoms with van der Waals surface area (Å²) in [6.45, 7) is 2.06. The number of para-hydroxylation sites is 1. The molecule has 1 atom stereocenters. The normalized spacial score (nSPS) is 16.8. The predicted molar refractivity (Wildman–Crippen MR) is 89.1 cm³/mol. The summed E-state index contributed by atoms with van der Waals surface area (Å²) in [5.41, 5.74) is 3.89. The summed E-state index contributed by atoms with van der Waals surface area (Å²) in [4.78, 5) is 17.8. The fraction of sp³-hybridized carbons (Fsp3) is 0.211. The van der Waals surface area contributed by atoms with Gasteiger partial charge in [0.25, 0.3) is 0 Å². The zero-order valence-corrected chi connectivity index (χ0v) is 12.8. The zero-order chi connectivity index (χ0) is 16.0. The molecule has 4 rings (SSSR count). The number of halogens is 1. The minimum Gasteiger partial charge on any atom is -0.361 e. The fourth-order valence-corrected chi connectivity index (χ4v) is 3.49. The van der Waals surface area contributed by atoms with Gasteiger partial charge in [0.1, 0.15) is 5.82 Å². The van der Waals surface area contributed by atoms with E-state index in [9.17, 15) is 9.18 Å². The number of fused-ring (bicyclic) bond motifs is 2. The molecule has 0 radical (unpaired) electrons. The fourth-order valence-electron chi connectivity index (χ4n) is 3.49. The Morgan fingerprint density at radius 2 is 2.13 bits per heavy atom. The Morgan fingerprint density at radius 1 is 1.30 bits per heavy atom. The molecule has 0 saturated heterocycles. The number of benzene rings is 2. The molecule has 0 spiro atoms. The first-order chi connectivity index (χ1) is 11.1. The van der Waals surface area contributed by atoms with Gasteiger partial charge in [0.2, 0.25) is 5.91 Å². The molecular formula is C19H17FN2O. The molecule has 0 saturated carbocycles. The number of rotatable bonds is 2. The van der Waals surface area contributed by atoms with Crippen LogP contribution in [-0.2, 0) is 17.6 Å². The molecule has 4 heteroatoms. The third kappa shape index (κ3) is 2.31. The van der Waals surface area contributed by atoms with Crippen LogP contribution in [0.25, 0.3) is 10.9 Å². The Hall–Kier alpha value is -2.62. The molecule has 116 valence electrons. The molecule has 23 heavy (non-hydrogen) atoms. The third-order valence-electron chi connectivity index (χ3n) is 4.55. The van der Waals surface area contributed by atoms with Gasteiger partial charge in [-0.1, -0.05) is 18.2 Å². The summed E-state index contributed by atoms with van der Waals surface area (Å²) < 4.78 is 13.5. The van der Waals surface area contributed by atoms with Gasteiger partial charge in [0.15, 0.2) is 0 Å². The number of nitrogens with one attached hydrogen (secondary N) is 1. The molecule has 3 aromatic rings. The van der Waals surface area contributed by atoms with Crippen molar-refractivity contribution in [2.24, 2.45) is 0 Å². The number of hydrogen-bond acceptors (Lipinski definition) is 1. The second-order valence-electron chi connectivity index (χ2n) is 6.13. The van der Waals surface area contributed by atoms with Crippen molar-refractivity contribution in [3.8, 4) is 0 Å². The van der Waals surface area contributed by atoms with E-state index >= 15 is 0 Å². The smallest absolute Gasteiger partial charge is 0.231 e. The van der Waals surface area contributed by atoms with E-state index in [1.54, 1.807) is 12.3 Å². The summed E-state index contributed by atoms with van der Waals surface area (Å²) in [5, 5.41) is 0.776. The van der Waals surface area contributed by atoms with Gasteiger partial charge in [0.05, 0.1) is 6.42 Å². The van der Waals surface area contributed by atoms with Crippen LogP contribution in [0.15, 0.2) is 48.7 Å². The van der Waals surface area contributed by atoms with Crippen molar-refractivity contribution in [2.45, 2.75) is 25.8 Å². The number of H-pyrrole nitrogens is 1. The third-order valence-corrected chi connectivity index (χ3v) is 4.55. The SMILES string of the molecule is CC1Cc2ccccc2N1C(=O)Cc1c[nH]c2ccc(F)cc12. The highest BCUT2D eigenvalue weighted by Gasteiger charge is 2.30. The van der Waals surface area contributed by atoms with E-state index in [-0.39, 0.29) is 24.2 Å². The van der Waals surface area contributed by atoms with E-state index in [0.29, 0.717) is 0 Å². The van der Waals surface area contributed by atoms with Crippen molar-refractivity contribution in [3.05, 3.63) is 65.6 Å². The van der Waals surface area contributed by atoms with Gasteiger partial charge in [-0.15, -0.1) is 0 Å². The second-order valence-corrected chi connectivity index (χ2v) is 6.13. The van der Waals surface area contributed by atoms with Crippen molar-refractivity contribution < 1.29 is 9.18 Å². The maximum atomic E-state index is 13.5. The molecule has 1 aromatic heterocycles. The van der Waals surface area contributed by atoms with Crippen molar-refractivity contribution in [3.63, 3.8) is 0 Å². The Labute approximate surface area is 133 Å². The number of carbonyl (C=O) groups is 1. The number of nitrogens with zero attached hydrogens (tertiary/aromatic N) is 1. The topological polar surface area (TPSA) is 36.1 Å². The number of hydrogen-bond donors (Lipinski definition) is 1. The van der Waals surface area contributed by atoms with Gasteiger partial charge in [0, 0.05) is 28.8 Å². The van der Waals surface area contributed by atoms with E-state index in [1.807, 2.05) is 23.1 Å². The minimum absolute atomic E-state index is 0.0487. The van der Waals surface area contributed by atoms with Crippen LogP contribution < -0.4 is 4.90 Å². The van der Waals surface area contributed by atoms with Crippen molar-refractivity contribution in [1.82, 2.24) is 4.98 Å². The molecular weight excluding hydrogens is 291 g/mol. The standard InChI is InChI=1S/C19H17FN2O/c1-12-8-13-4-2-3-5-18(13)22(12)19(23)9-14-11-21-17-7-6-15(20)10-16(14)17/h2-7,10-12,21H,8-9H2,1H3. The Bertz CT molecular complexity index is 899. The van der Waals surface area contributed by atoms with Crippen LogP contribution in [0.4, 0.5) is 10.1 Å². The highest BCUT2D eigenvalue weighted by Crippen LogP contribution is 2.32. The van der Waals surface area contributed by atoms with Crippen LogP contribution in [-0.4, -0.2) is 16.9 Å². The van der Waals surface area contributed by atoms with Crippen molar-refractivity contribution in [2.75, 3.05) is 4.90 Å². The maximum Gasteiger partial charge on any atom is 0.231 e. The Balaban J connectivity index is 1.66. The van der Waals surface area contributed by atoms with Crippen LogP contribution >= 0.6 is 0 Å². The van der Waals surface area contributed by atoms with Gasteiger partial charge in [-0.2, -0.15) is 0 Å². The lowest BCUT2D eigenvalue weighted by atomic mass is 10.1. The van der Waals surface area contributed by atoms with Crippen LogP contribution in [0.5, 0.6) is 0 Å². The molecule has 0 aliphatic carbocycles. The number of amides is 1. The number of aromatic nitrogens is 1. The van der Waals surface area contributed by atoms with Gasteiger partial charge >= 0.3 is 0 Å². The first kappa shape index (κ1) is 14.0. The minimum atomic E-state index is -0.286. The summed E-state index contributed by atoms with van der Waals surface area (Å²) in [5.74, 6) is -0.238. The quantitative estimate of drug-likeness (QED) is 0.767.